The highest BCUT2D eigenvalue weighted by Gasteiger charge is 2.38. The molecule has 7 nitrogen and oxygen atoms in total. The smallest absolute Gasteiger partial charge is 0.333 e. The molecule has 1 aliphatic heterocycles. The van der Waals surface area contributed by atoms with Crippen molar-refractivity contribution in [1.29, 1.82) is 0 Å². The second kappa shape index (κ2) is 8.54. The molecule has 0 spiro atoms. The van der Waals surface area contributed by atoms with E-state index in [9.17, 15) is 14.7 Å². The number of aryl methyl sites for hydroxylation is 1. The number of nitrogens with zero attached hydrogens (tertiary/aromatic N) is 2. The van der Waals surface area contributed by atoms with Crippen molar-refractivity contribution >= 4 is 0 Å². The molecule has 0 aromatic carbocycles. The monoisotopic (exact) mass is 380 g/mol. The second-order valence-electron chi connectivity index (χ2n) is 8.66. The summed E-state index contributed by atoms with van der Waals surface area (Å²) in [6, 6.07) is 0. The van der Waals surface area contributed by atoms with E-state index in [0.29, 0.717) is 18.6 Å². The highest BCUT2D eigenvalue weighted by atomic mass is 16.6. The number of aliphatic hydroxyl groups excluding tert-OH is 1. The van der Waals surface area contributed by atoms with Crippen LogP contribution in [-0.4, -0.2) is 39.7 Å². The zero-order chi connectivity index (χ0) is 20.4. The van der Waals surface area contributed by atoms with Gasteiger partial charge in [0.2, 0.25) is 0 Å². The van der Waals surface area contributed by atoms with Crippen LogP contribution in [-0.2, 0) is 16.0 Å². The van der Waals surface area contributed by atoms with E-state index < -0.39 is 18.0 Å². The zero-order valence-corrected chi connectivity index (χ0v) is 17.2. The molecular weight excluding hydrogens is 348 g/mol. The summed E-state index contributed by atoms with van der Waals surface area (Å²) >= 11 is 0. The molecule has 0 saturated carbocycles. The third-order valence-electron chi connectivity index (χ3n) is 4.45. The molecule has 1 aromatic rings. The summed E-state index contributed by atoms with van der Waals surface area (Å²) in [6.45, 7) is 12.3. The first kappa shape index (κ1) is 21.6. The van der Waals surface area contributed by atoms with Gasteiger partial charge in [-0.2, -0.15) is 0 Å². The van der Waals surface area contributed by atoms with Crippen LogP contribution < -0.4 is 11.2 Å². The molecule has 1 fully saturated rings. The summed E-state index contributed by atoms with van der Waals surface area (Å²) in [6.07, 6.45) is 2.45. The van der Waals surface area contributed by atoms with E-state index in [1.807, 2.05) is 19.9 Å². The van der Waals surface area contributed by atoms with Gasteiger partial charge in [0.15, 0.2) is 0 Å². The summed E-state index contributed by atoms with van der Waals surface area (Å²) in [5.41, 5.74) is 0.776. The fourth-order valence-corrected chi connectivity index (χ4v) is 2.97. The predicted octanol–water partition coefficient (Wildman–Crippen LogP) is 2.00. The van der Waals surface area contributed by atoms with Gasteiger partial charge >= 0.3 is 5.69 Å². The van der Waals surface area contributed by atoms with E-state index in [1.165, 1.54) is 15.3 Å². The molecule has 2 heterocycles. The minimum absolute atomic E-state index is 0.0108. The Labute approximate surface area is 160 Å². The minimum Gasteiger partial charge on any atom is -0.394 e. The predicted molar refractivity (Wildman–Crippen MR) is 104 cm³/mol. The SMILES string of the molecule is CC(C)=CCn1c(=O)c(C)cn([C@H]2C[C@@H](OCC(C)(C)C)[C@@H](CO)O2)c1=O. The lowest BCUT2D eigenvalue weighted by Gasteiger charge is -2.23. The molecule has 0 amide bonds. The summed E-state index contributed by atoms with van der Waals surface area (Å²) in [5.74, 6) is 0. The minimum atomic E-state index is -0.572. The van der Waals surface area contributed by atoms with E-state index in [0.717, 1.165) is 5.57 Å². The average molecular weight is 380 g/mol. The van der Waals surface area contributed by atoms with Crippen LogP contribution in [0.4, 0.5) is 0 Å². The van der Waals surface area contributed by atoms with E-state index in [4.69, 9.17) is 9.47 Å². The lowest BCUT2D eigenvalue weighted by atomic mass is 9.98. The molecule has 3 atom stereocenters. The molecule has 0 bridgehead atoms. The maximum Gasteiger partial charge on any atom is 0.333 e. The van der Waals surface area contributed by atoms with Gasteiger partial charge in [-0.05, 0) is 26.2 Å². The van der Waals surface area contributed by atoms with Crippen LogP contribution in [0.25, 0.3) is 0 Å². The Bertz CT molecular complexity index is 796. The molecule has 0 unspecified atom stereocenters. The standard InChI is InChI=1S/C20H32N2O5/c1-13(2)7-8-21-18(24)14(3)10-22(19(21)25)17-9-15(16(11-23)27-17)26-12-20(4,5)6/h7,10,15-17,23H,8-9,11-12H2,1-6H3/t15-,16-,17-/m1/s1. The Hall–Kier alpha value is -1.70. The Morgan fingerprint density at radius 1 is 1.37 bits per heavy atom. The van der Waals surface area contributed by atoms with Crippen molar-refractivity contribution in [2.24, 2.45) is 5.41 Å². The molecule has 152 valence electrons. The van der Waals surface area contributed by atoms with Crippen LogP contribution in [0.2, 0.25) is 0 Å². The topological polar surface area (TPSA) is 82.7 Å². The fourth-order valence-electron chi connectivity index (χ4n) is 2.97. The second-order valence-corrected chi connectivity index (χ2v) is 8.66. The Kier molecular flexibility index (Phi) is 6.83. The molecule has 2 rings (SSSR count). The molecule has 1 saturated heterocycles. The molecule has 0 radical (unpaired) electrons. The van der Waals surface area contributed by atoms with E-state index >= 15 is 0 Å². The molecule has 1 aliphatic rings. The van der Waals surface area contributed by atoms with Crippen molar-refractivity contribution in [1.82, 2.24) is 9.13 Å². The average Bonchev–Trinajstić information content (AvgIpc) is 2.98. The Morgan fingerprint density at radius 2 is 2.04 bits per heavy atom. The molecule has 0 aliphatic carbocycles. The lowest BCUT2D eigenvalue weighted by Crippen LogP contribution is -2.42. The van der Waals surface area contributed by atoms with Crippen molar-refractivity contribution in [2.45, 2.75) is 72.9 Å². The van der Waals surface area contributed by atoms with Crippen LogP contribution in [0, 0.1) is 12.3 Å². The van der Waals surface area contributed by atoms with Gasteiger partial charge in [-0.15, -0.1) is 0 Å². The van der Waals surface area contributed by atoms with E-state index in [1.54, 1.807) is 6.92 Å². The number of rotatable bonds is 6. The largest absolute Gasteiger partial charge is 0.394 e. The summed E-state index contributed by atoms with van der Waals surface area (Å²) in [5, 5.41) is 9.64. The first-order valence-electron chi connectivity index (χ1n) is 9.37. The highest BCUT2D eigenvalue weighted by Crippen LogP contribution is 2.31. The Balaban J connectivity index is 2.31. The summed E-state index contributed by atoms with van der Waals surface area (Å²) in [7, 11) is 0. The van der Waals surface area contributed by atoms with E-state index in [2.05, 4.69) is 20.8 Å². The number of aromatic nitrogens is 2. The van der Waals surface area contributed by atoms with Gasteiger partial charge in [0.1, 0.15) is 12.3 Å². The van der Waals surface area contributed by atoms with Gasteiger partial charge in [-0.3, -0.25) is 13.9 Å². The lowest BCUT2D eigenvalue weighted by molar-refractivity contribution is -0.0725. The number of allylic oxidation sites excluding steroid dienone is 2. The molecule has 7 heteroatoms. The first-order chi connectivity index (χ1) is 12.5. The third kappa shape index (κ3) is 5.40. The van der Waals surface area contributed by atoms with Crippen LogP contribution in [0.3, 0.4) is 0 Å². The molecule has 27 heavy (non-hydrogen) atoms. The van der Waals surface area contributed by atoms with Crippen LogP contribution in [0.5, 0.6) is 0 Å². The van der Waals surface area contributed by atoms with Gasteiger partial charge in [0.25, 0.3) is 5.56 Å². The van der Waals surface area contributed by atoms with Crippen molar-refractivity contribution in [3.8, 4) is 0 Å². The van der Waals surface area contributed by atoms with Gasteiger partial charge in [0.05, 0.1) is 19.3 Å². The van der Waals surface area contributed by atoms with Gasteiger partial charge in [-0.25, -0.2) is 4.79 Å². The van der Waals surface area contributed by atoms with Crippen molar-refractivity contribution < 1.29 is 14.6 Å². The van der Waals surface area contributed by atoms with Gasteiger partial charge in [0, 0.05) is 24.7 Å². The quantitative estimate of drug-likeness (QED) is 0.763. The highest BCUT2D eigenvalue weighted by molar-refractivity contribution is 5.05. The van der Waals surface area contributed by atoms with Crippen LogP contribution in [0.1, 0.15) is 52.8 Å². The number of hydrogen-bond donors (Lipinski definition) is 1. The fraction of sp³-hybridized carbons (Fsp3) is 0.700. The number of aliphatic hydroxyl groups is 1. The Morgan fingerprint density at radius 3 is 2.59 bits per heavy atom. The van der Waals surface area contributed by atoms with Crippen LogP contribution in [0.15, 0.2) is 27.4 Å². The third-order valence-corrected chi connectivity index (χ3v) is 4.45. The summed E-state index contributed by atoms with van der Waals surface area (Å²) in [4.78, 5) is 25.3. The van der Waals surface area contributed by atoms with Crippen molar-refractivity contribution in [2.75, 3.05) is 13.2 Å². The zero-order valence-electron chi connectivity index (χ0n) is 17.2. The van der Waals surface area contributed by atoms with Gasteiger partial charge < -0.3 is 14.6 Å². The molecule has 1 aromatic heterocycles. The number of ether oxygens (including phenoxy) is 2. The maximum atomic E-state index is 12.9. The normalized spacial score (nSPS) is 22.9. The first-order valence-corrected chi connectivity index (χ1v) is 9.37. The molecular formula is C20H32N2O5. The van der Waals surface area contributed by atoms with Crippen molar-refractivity contribution in [3.63, 3.8) is 0 Å². The van der Waals surface area contributed by atoms with Crippen molar-refractivity contribution in [3.05, 3.63) is 44.2 Å². The summed E-state index contributed by atoms with van der Waals surface area (Å²) < 4.78 is 14.5. The number of hydrogen-bond acceptors (Lipinski definition) is 5. The maximum absolute atomic E-state index is 12.9. The van der Waals surface area contributed by atoms with E-state index in [-0.39, 0.29) is 30.2 Å². The van der Waals surface area contributed by atoms with Crippen LogP contribution >= 0.6 is 0 Å². The molecule has 1 N–H and O–H groups in total. The van der Waals surface area contributed by atoms with Gasteiger partial charge in [-0.1, -0.05) is 32.4 Å².